The molecule has 2 aromatic carbocycles. The van der Waals surface area contributed by atoms with Crippen LogP contribution in [0.2, 0.25) is 0 Å². The number of rotatable bonds is 6. The minimum atomic E-state index is -0.483. The second-order valence-electron chi connectivity index (χ2n) is 6.54. The third-order valence-corrected chi connectivity index (χ3v) is 4.45. The number of nitrogens with zero attached hydrogens (tertiary/aromatic N) is 3. The van der Waals surface area contributed by atoms with Crippen molar-refractivity contribution >= 4 is 17.6 Å². The van der Waals surface area contributed by atoms with Crippen LogP contribution in [-0.4, -0.2) is 21.8 Å². The Labute approximate surface area is 172 Å². The minimum Gasteiger partial charge on any atom is -0.347 e. The zero-order valence-electron chi connectivity index (χ0n) is 16.1. The summed E-state index contributed by atoms with van der Waals surface area (Å²) < 4.78 is 12.9. The van der Waals surface area contributed by atoms with E-state index in [2.05, 4.69) is 20.6 Å². The first-order chi connectivity index (χ1) is 14.5. The van der Waals surface area contributed by atoms with Gasteiger partial charge in [0.15, 0.2) is 0 Å². The zero-order chi connectivity index (χ0) is 21.5. The molecule has 1 heterocycles. The molecular weight excluding hydrogens is 385 g/mol. The Hall–Kier alpha value is -4.12. The van der Waals surface area contributed by atoms with Crippen LogP contribution in [0.15, 0.2) is 60.9 Å². The van der Waals surface area contributed by atoms with Crippen LogP contribution in [0.3, 0.4) is 0 Å². The highest BCUT2D eigenvalue weighted by molar-refractivity contribution is 5.97. The Kier molecular flexibility index (Phi) is 6.45. The predicted octanol–water partition coefficient (Wildman–Crippen LogP) is 3.16. The summed E-state index contributed by atoms with van der Waals surface area (Å²) >= 11 is 0. The molecule has 0 fully saturated rings. The molecule has 0 saturated carbocycles. The third kappa shape index (κ3) is 5.23. The molecule has 1 aromatic heterocycles. The molecule has 2 amide bonds. The second-order valence-corrected chi connectivity index (χ2v) is 6.54. The number of halogens is 1. The Morgan fingerprint density at radius 3 is 2.47 bits per heavy atom. The average Bonchev–Trinajstić information content (AvgIpc) is 2.78. The first-order valence-corrected chi connectivity index (χ1v) is 9.12. The fraction of sp³-hybridized carbons (Fsp3) is 0.136. The van der Waals surface area contributed by atoms with Gasteiger partial charge in [0.2, 0.25) is 5.91 Å². The van der Waals surface area contributed by atoms with E-state index < -0.39 is 11.8 Å². The lowest BCUT2D eigenvalue weighted by molar-refractivity contribution is -0.117. The molecule has 0 radical (unpaired) electrons. The summed E-state index contributed by atoms with van der Waals surface area (Å²) in [6, 6.07) is 15.9. The smallest absolute Gasteiger partial charge is 0.270 e. The topological polar surface area (TPSA) is 108 Å². The summed E-state index contributed by atoms with van der Waals surface area (Å²) in [5.74, 6) is -1.39. The molecule has 0 saturated heterocycles. The van der Waals surface area contributed by atoms with Crippen LogP contribution in [-0.2, 0) is 11.3 Å². The van der Waals surface area contributed by atoms with Crippen molar-refractivity contribution in [1.82, 2.24) is 15.3 Å². The number of hydrogen-bond donors (Lipinski definition) is 2. The summed E-state index contributed by atoms with van der Waals surface area (Å²) in [5.41, 5.74) is 2.09. The fourth-order valence-electron chi connectivity index (χ4n) is 2.66. The van der Waals surface area contributed by atoms with E-state index in [4.69, 9.17) is 5.26 Å². The van der Waals surface area contributed by atoms with Gasteiger partial charge < -0.3 is 10.6 Å². The van der Waals surface area contributed by atoms with Crippen LogP contribution in [0.25, 0.3) is 0 Å². The van der Waals surface area contributed by atoms with E-state index in [-0.39, 0.29) is 29.8 Å². The molecule has 150 valence electrons. The molecule has 3 aromatic rings. The number of carbonyl (C=O) groups excluding carboxylic acids is 2. The van der Waals surface area contributed by atoms with Crippen LogP contribution < -0.4 is 10.6 Å². The van der Waals surface area contributed by atoms with Crippen molar-refractivity contribution in [2.75, 3.05) is 5.32 Å². The largest absolute Gasteiger partial charge is 0.347 e. The summed E-state index contributed by atoms with van der Waals surface area (Å²) in [6.45, 7) is 1.94. The van der Waals surface area contributed by atoms with Crippen molar-refractivity contribution < 1.29 is 14.0 Å². The molecule has 0 aliphatic rings. The van der Waals surface area contributed by atoms with Gasteiger partial charge in [-0.05, 0) is 42.3 Å². The molecule has 1 unspecified atom stereocenters. The maximum absolute atomic E-state index is 12.9. The average molecular weight is 403 g/mol. The Morgan fingerprint density at radius 2 is 1.80 bits per heavy atom. The predicted molar refractivity (Wildman–Crippen MR) is 108 cm³/mol. The monoisotopic (exact) mass is 403 g/mol. The summed E-state index contributed by atoms with van der Waals surface area (Å²) in [7, 11) is 0. The first kappa shape index (κ1) is 20.6. The lowest BCUT2D eigenvalue weighted by Crippen LogP contribution is -2.25. The lowest BCUT2D eigenvalue weighted by atomic mass is 9.99. The van der Waals surface area contributed by atoms with Crippen molar-refractivity contribution in [2.24, 2.45) is 0 Å². The van der Waals surface area contributed by atoms with Crippen LogP contribution >= 0.6 is 0 Å². The highest BCUT2D eigenvalue weighted by Gasteiger charge is 2.17. The maximum Gasteiger partial charge on any atom is 0.270 e. The van der Waals surface area contributed by atoms with Gasteiger partial charge in [-0.25, -0.2) is 14.4 Å². The van der Waals surface area contributed by atoms with Gasteiger partial charge in [-0.15, -0.1) is 0 Å². The normalized spacial score (nSPS) is 11.2. The Balaban J connectivity index is 1.62. The Bertz CT molecular complexity index is 1090. The Morgan fingerprint density at radius 1 is 1.10 bits per heavy atom. The molecule has 0 bridgehead atoms. The van der Waals surface area contributed by atoms with Crippen molar-refractivity contribution in [3.05, 3.63) is 89.1 Å². The lowest BCUT2D eigenvalue weighted by Gasteiger charge is -2.12. The number of hydrogen-bond acceptors (Lipinski definition) is 5. The first-order valence-electron chi connectivity index (χ1n) is 9.12. The molecule has 8 heteroatoms. The van der Waals surface area contributed by atoms with Gasteiger partial charge >= 0.3 is 0 Å². The van der Waals surface area contributed by atoms with Gasteiger partial charge in [-0.2, -0.15) is 5.26 Å². The maximum atomic E-state index is 12.9. The van der Waals surface area contributed by atoms with E-state index in [1.807, 2.05) is 6.07 Å². The number of anilines is 1. The van der Waals surface area contributed by atoms with Crippen molar-refractivity contribution in [3.8, 4) is 6.07 Å². The second kappa shape index (κ2) is 9.39. The summed E-state index contributed by atoms with van der Waals surface area (Å²) in [6.07, 6.45) is 1.19. The molecule has 2 N–H and O–H groups in total. The number of nitrogens with one attached hydrogen (secondary N) is 2. The van der Waals surface area contributed by atoms with Crippen molar-refractivity contribution in [3.63, 3.8) is 0 Å². The molecular formula is C22H18FN5O2. The van der Waals surface area contributed by atoms with Crippen LogP contribution in [0, 0.1) is 17.1 Å². The van der Waals surface area contributed by atoms with E-state index in [1.54, 1.807) is 43.3 Å². The van der Waals surface area contributed by atoms with Crippen molar-refractivity contribution in [2.45, 2.75) is 19.4 Å². The SMILES string of the molecule is CC(C(=O)Nc1cc(C(=O)NCc2ccc(F)cc2)ncn1)c1ccc(C#N)cc1. The van der Waals surface area contributed by atoms with Gasteiger partial charge in [0.05, 0.1) is 17.6 Å². The number of amides is 2. The van der Waals surface area contributed by atoms with Crippen LogP contribution in [0.1, 0.15) is 40.0 Å². The third-order valence-electron chi connectivity index (χ3n) is 4.45. The standard InChI is InChI=1S/C22H18FN5O2/c1-14(17-6-2-15(11-24)3-7-17)21(29)28-20-10-19(26-13-27-20)22(30)25-12-16-4-8-18(23)9-5-16/h2-10,13-14H,12H2,1H3,(H,25,30)(H,26,27,28,29). The molecule has 7 nitrogen and oxygen atoms in total. The zero-order valence-corrected chi connectivity index (χ0v) is 16.1. The number of nitriles is 1. The van der Waals surface area contributed by atoms with Gasteiger partial charge in [0.25, 0.3) is 5.91 Å². The van der Waals surface area contributed by atoms with Gasteiger partial charge in [0, 0.05) is 12.6 Å². The van der Waals surface area contributed by atoms with E-state index in [0.717, 1.165) is 11.1 Å². The van der Waals surface area contributed by atoms with Gasteiger partial charge in [0.1, 0.15) is 23.7 Å². The summed E-state index contributed by atoms with van der Waals surface area (Å²) in [5, 5.41) is 14.2. The molecule has 1 atom stereocenters. The van der Waals surface area contributed by atoms with Gasteiger partial charge in [-0.1, -0.05) is 24.3 Å². The van der Waals surface area contributed by atoms with Crippen LogP contribution in [0.5, 0.6) is 0 Å². The molecule has 30 heavy (non-hydrogen) atoms. The molecule has 0 aliphatic carbocycles. The molecule has 0 aliphatic heterocycles. The number of benzene rings is 2. The van der Waals surface area contributed by atoms with E-state index in [9.17, 15) is 14.0 Å². The quantitative estimate of drug-likeness (QED) is 0.657. The van der Waals surface area contributed by atoms with E-state index in [1.165, 1.54) is 24.5 Å². The fourth-order valence-corrected chi connectivity index (χ4v) is 2.66. The van der Waals surface area contributed by atoms with Crippen LogP contribution in [0.4, 0.5) is 10.2 Å². The van der Waals surface area contributed by atoms with Gasteiger partial charge in [-0.3, -0.25) is 9.59 Å². The highest BCUT2D eigenvalue weighted by Crippen LogP contribution is 2.18. The van der Waals surface area contributed by atoms with Crippen molar-refractivity contribution in [1.29, 1.82) is 5.26 Å². The molecule has 3 rings (SSSR count). The van der Waals surface area contributed by atoms with E-state index >= 15 is 0 Å². The van der Waals surface area contributed by atoms with E-state index in [0.29, 0.717) is 5.56 Å². The number of carbonyl (C=O) groups is 2. The molecule has 0 spiro atoms. The minimum absolute atomic E-state index is 0.0911. The number of aromatic nitrogens is 2. The highest BCUT2D eigenvalue weighted by atomic mass is 19.1. The summed E-state index contributed by atoms with van der Waals surface area (Å²) in [4.78, 5) is 32.8.